The van der Waals surface area contributed by atoms with E-state index in [-0.39, 0.29) is 0 Å². The molecule has 1 amide bonds. The minimum Gasteiger partial charge on any atom is -0.353 e. The molecule has 1 aliphatic rings. The van der Waals surface area contributed by atoms with Gasteiger partial charge in [-0.2, -0.15) is 4.98 Å². The third-order valence-corrected chi connectivity index (χ3v) is 4.17. The highest BCUT2D eigenvalue weighted by atomic mass is 35.5. The largest absolute Gasteiger partial charge is 0.353 e. The first kappa shape index (κ1) is 15.8. The summed E-state index contributed by atoms with van der Waals surface area (Å²) in [5, 5.41) is 4.21. The van der Waals surface area contributed by atoms with Gasteiger partial charge in [-0.15, -0.1) is 0 Å². The van der Waals surface area contributed by atoms with E-state index in [1.54, 1.807) is 29.3 Å². The average Bonchev–Trinajstić information content (AvgIpc) is 2.58. The number of benzene rings is 1. The first-order chi connectivity index (χ1) is 11.2. The van der Waals surface area contributed by atoms with E-state index in [0.717, 1.165) is 25.3 Å². The van der Waals surface area contributed by atoms with Crippen LogP contribution in [0.15, 0.2) is 30.5 Å². The molecule has 0 bridgehead atoms. The van der Waals surface area contributed by atoms with Crippen LogP contribution in [0.25, 0.3) is 0 Å². The number of amides is 1. The van der Waals surface area contributed by atoms with Gasteiger partial charge in [0.25, 0.3) is 0 Å². The van der Waals surface area contributed by atoms with E-state index < -0.39 is 0 Å². The number of aromatic nitrogens is 2. The molecule has 1 fully saturated rings. The standard InChI is InChI=1S/C15H15Cl2N5O/c16-11-1-2-12(17)13(9-11)19-15-18-4-3-14(20-15)22-7-5-21(10-23)6-8-22/h1-4,9-10H,5-8H2,(H,18,19,20). The number of hydrogen-bond acceptors (Lipinski definition) is 5. The molecule has 0 aliphatic carbocycles. The fourth-order valence-corrected chi connectivity index (χ4v) is 2.69. The maximum atomic E-state index is 10.8. The molecule has 8 heteroatoms. The highest BCUT2D eigenvalue weighted by molar-refractivity contribution is 6.35. The van der Waals surface area contributed by atoms with Crippen LogP contribution < -0.4 is 10.2 Å². The van der Waals surface area contributed by atoms with Crippen LogP contribution in [0.1, 0.15) is 0 Å². The van der Waals surface area contributed by atoms with Crippen molar-refractivity contribution in [3.05, 3.63) is 40.5 Å². The van der Waals surface area contributed by atoms with Gasteiger partial charge >= 0.3 is 0 Å². The number of nitrogens with one attached hydrogen (secondary N) is 1. The summed E-state index contributed by atoms with van der Waals surface area (Å²) in [7, 11) is 0. The number of carbonyl (C=O) groups excluding carboxylic acids is 1. The topological polar surface area (TPSA) is 61.4 Å². The summed E-state index contributed by atoms with van der Waals surface area (Å²) in [6, 6.07) is 7.01. The van der Waals surface area contributed by atoms with Crippen LogP contribution in [0.4, 0.5) is 17.5 Å². The van der Waals surface area contributed by atoms with Crippen molar-refractivity contribution in [2.24, 2.45) is 0 Å². The molecule has 1 aromatic heterocycles. The Balaban J connectivity index is 1.75. The SMILES string of the molecule is O=CN1CCN(c2ccnc(Nc3cc(Cl)ccc3Cl)n2)CC1. The van der Waals surface area contributed by atoms with Gasteiger partial charge in [-0.05, 0) is 24.3 Å². The van der Waals surface area contributed by atoms with Crippen molar-refractivity contribution in [1.82, 2.24) is 14.9 Å². The molecule has 2 heterocycles. The lowest BCUT2D eigenvalue weighted by Gasteiger charge is -2.33. The summed E-state index contributed by atoms with van der Waals surface area (Å²) < 4.78 is 0. The molecule has 0 spiro atoms. The monoisotopic (exact) mass is 351 g/mol. The second kappa shape index (κ2) is 7.02. The molecule has 6 nitrogen and oxygen atoms in total. The Labute approximate surface area is 144 Å². The van der Waals surface area contributed by atoms with Gasteiger partial charge in [0.2, 0.25) is 12.4 Å². The van der Waals surface area contributed by atoms with E-state index in [1.807, 2.05) is 6.07 Å². The predicted octanol–water partition coefficient (Wildman–Crippen LogP) is 2.81. The molecule has 1 saturated heterocycles. The predicted molar refractivity (Wildman–Crippen MR) is 91.6 cm³/mol. The summed E-state index contributed by atoms with van der Waals surface area (Å²) in [4.78, 5) is 23.4. The Morgan fingerprint density at radius 1 is 1.13 bits per heavy atom. The van der Waals surface area contributed by atoms with Crippen LogP contribution in [-0.2, 0) is 4.79 Å². The first-order valence-corrected chi connectivity index (χ1v) is 7.91. The molecule has 0 radical (unpaired) electrons. The quantitative estimate of drug-likeness (QED) is 0.858. The molecule has 2 aromatic rings. The van der Waals surface area contributed by atoms with Crippen molar-refractivity contribution < 1.29 is 4.79 Å². The Bertz CT molecular complexity index is 704. The lowest BCUT2D eigenvalue weighted by Crippen LogP contribution is -2.46. The van der Waals surface area contributed by atoms with Gasteiger partial charge in [-0.1, -0.05) is 23.2 Å². The zero-order chi connectivity index (χ0) is 16.2. The van der Waals surface area contributed by atoms with Crippen LogP contribution in [-0.4, -0.2) is 47.5 Å². The van der Waals surface area contributed by atoms with Gasteiger partial charge in [-0.25, -0.2) is 4.98 Å². The minimum atomic E-state index is 0.449. The van der Waals surface area contributed by atoms with Crippen LogP contribution >= 0.6 is 23.2 Å². The number of anilines is 3. The Morgan fingerprint density at radius 3 is 2.65 bits per heavy atom. The van der Waals surface area contributed by atoms with E-state index in [4.69, 9.17) is 23.2 Å². The lowest BCUT2D eigenvalue weighted by molar-refractivity contribution is -0.118. The molecule has 0 saturated carbocycles. The van der Waals surface area contributed by atoms with Crippen molar-refractivity contribution in [3.8, 4) is 0 Å². The normalized spacial score (nSPS) is 14.7. The summed E-state index contributed by atoms with van der Waals surface area (Å²) in [5.41, 5.74) is 0.655. The molecule has 1 aliphatic heterocycles. The van der Waals surface area contributed by atoms with E-state index >= 15 is 0 Å². The van der Waals surface area contributed by atoms with Gasteiger partial charge in [-0.3, -0.25) is 4.79 Å². The van der Waals surface area contributed by atoms with E-state index in [9.17, 15) is 4.79 Å². The Morgan fingerprint density at radius 2 is 1.91 bits per heavy atom. The van der Waals surface area contributed by atoms with Gasteiger partial charge in [0.15, 0.2) is 0 Å². The maximum Gasteiger partial charge on any atom is 0.229 e. The number of piperazine rings is 1. The smallest absolute Gasteiger partial charge is 0.229 e. The molecule has 120 valence electrons. The first-order valence-electron chi connectivity index (χ1n) is 7.15. The molecule has 3 rings (SSSR count). The zero-order valence-corrected chi connectivity index (χ0v) is 13.8. The maximum absolute atomic E-state index is 10.8. The Kier molecular flexibility index (Phi) is 4.83. The number of nitrogens with zero attached hydrogens (tertiary/aromatic N) is 4. The van der Waals surface area contributed by atoms with E-state index in [1.165, 1.54) is 0 Å². The highest BCUT2D eigenvalue weighted by Gasteiger charge is 2.17. The third-order valence-electron chi connectivity index (χ3n) is 3.60. The molecular weight excluding hydrogens is 337 g/mol. The molecule has 0 unspecified atom stereocenters. The van der Waals surface area contributed by atoms with Gasteiger partial charge in [0.05, 0.1) is 10.7 Å². The lowest BCUT2D eigenvalue weighted by atomic mass is 10.3. The fraction of sp³-hybridized carbons (Fsp3) is 0.267. The number of halogens is 2. The molecule has 1 aromatic carbocycles. The van der Waals surface area contributed by atoms with E-state index in [0.29, 0.717) is 34.8 Å². The van der Waals surface area contributed by atoms with Crippen molar-refractivity contribution in [1.29, 1.82) is 0 Å². The van der Waals surface area contributed by atoms with Crippen LogP contribution in [0.2, 0.25) is 10.0 Å². The average molecular weight is 352 g/mol. The number of hydrogen-bond donors (Lipinski definition) is 1. The zero-order valence-electron chi connectivity index (χ0n) is 12.2. The Hall–Kier alpha value is -2.05. The molecule has 23 heavy (non-hydrogen) atoms. The van der Waals surface area contributed by atoms with Crippen LogP contribution in [0, 0.1) is 0 Å². The highest BCUT2D eigenvalue weighted by Crippen LogP contribution is 2.27. The fourth-order valence-electron chi connectivity index (χ4n) is 2.36. The second-order valence-electron chi connectivity index (χ2n) is 5.12. The number of carbonyl (C=O) groups is 1. The van der Waals surface area contributed by atoms with Crippen molar-refractivity contribution in [2.45, 2.75) is 0 Å². The summed E-state index contributed by atoms with van der Waals surface area (Å²) >= 11 is 12.1. The summed E-state index contributed by atoms with van der Waals surface area (Å²) in [5.74, 6) is 1.26. The van der Waals surface area contributed by atoms with Gasteiger partial charge < -0.3 is 15.1 Å². The van der Waals surface area contributed by atoms with Crippen molar-refractivity contribution in [3.63, 3.8) is 0 Å². The van der Waals surface area contributed by atoms with Gasteiger partial charge in [0.1, 0.15) is 5.82 Å². The molecule has 0 atom stereocenters. The second-order valence-corrected chi connectivity index (χ2v) is 5.96. The van der Waals surface area contributed by atoms with Crippen LogP contribution in [0.3, 0.4) is 0 Å². The van der Waals surface area contributed by atoms with Crippen molar-refractivity contribution in [2.75, 3.05) is 36.4 Å². The summed E-state index contributed by atoms with van der Waals surface area (Å²) in [6.45, 7) is 2.87. The van der Waals surface area contributed by atoms with E-state index in [2.05, 4.69) is 20.2 Å². The van der Waals surface area contributed by atoms with Crippen molar-refractivity contribution >= 4 is 47.1 Å². The minimum absolute atomic E-state index is 0.449. The van der Waals surface area contributed by atoms with Gasteiger partial charge in [0, 0.05) is 37.4 Å². The molecular formula is C15H15Cl2N5O. The number of rotatable bonds is 4. The summed E-state index contributed by atoms with van der Waals surface area (Å²) in [6.07, 6.45) is 2.57. The third kappa shape index (κ3) is 3.83. The molecule has 1 N–H and O–H groups in total. The van der Waals surface area contributed by atoms with Crippen LogP contribution in [0.5, 0.6) is 0 Å².